The second-order valence-corrected chi connectivity index (χ2v) is 6.08. The second-order valence-electron chi connectivity index (χ2n) is 6.08. The Morgan fingerprint density at radius 2 is 2.20 bits per heavy atom. The Kier molecular flexibility index (Phi) is 4.76. The number of nitrogens with one attached hydrogen (secondary N) is 1. The second kappa shape index (κ2) is 6.35. The SMILES string of the molecule is CCCOc1cc(N)cc(NC2CCOC(C)(C)C2)c1. The van der Waals surface area contributed by atoms with Gasteiger partial charge in [0.1, 0.15) is 5.75 Å². The van der Waals surface area contributed by atoms with E-state index in [1.165, 1.54) is 0 Å². The van der Waals surface area contributed by atoms with Gasteiger partial charge in [0, 0.05) is 36.2 Å². The van der Waals surface area contributed by atoms with Gasteiger partial charge in [-0.2, -0.15) is 0 Å². The summed E-state index contributed by atoms with van der Waals surface area (Å²) < 4.78 is 11.4. The van der Waals surface area contributed by atoms with Gasteiger partial charge < -0.3 is 20.5 Å². The summed E-state index contributed by atoms with van der Waals surface area (Å²) in [4.78, 5) is 0. The lowest BCUT2D eigenvalue weighted by atomic mass is 9.94. The number of hydrogen-bond acceptors (Lipinski definition) is 4. The quantitative estimate of drug-likeness (QED) is 0.810. The molecule has 1 saturated heterocycles. The lowest BCUT2D eigenvalue weighted by molar-refractivity contribution is -0.0553. The first-order chi connectivity index (χ1) is 9.48. The predicted molar refractivity (Wildman–Crippen MR) is 83.3 cm³/mol. The van der Waals surface area contributed by atoms with Crippen LogP contribution in [0.4, 0.5) is 11.4 Å². The average Bonchev–Trinajstić information content (AvgIpc) is 2.34. The van der Waals surface area contributed by atoms with Crippen molar-refractivity contribution < 1.29 is 9.47 Å². The lowest BCUT2D eigenvalue weighted by Crippen LogP contribution is -2.40. The first-order valence-corrected chi connectivity index (χ1v) is 7.42. The molecule has 0 saturated carbocycles. The molecule has 0 bridgehead atoms. The number of benzene rings is 1. The molecule has 1 aromatic carbocycles. The van der Waals surface area contributed by atoms with Crippen molar-refractivity contribution in [1.29, 1.82) is 0 Å². The van der Waals surface area contributed by atoms with E-state index in [4.69, 9.17) is 15.2 Å². The Bertz CT molecular complexity index is 446. The highest BCUT2D eigenvalue weighted by Crippen LogP contribution is 2.29. The number of hydrogen-bond donors (Lipinski definition) is 2. The van der Waals surface area contributed by atoms with Gasteiger partial charge in [-0.3, -0.25) is 0 Å². The molecule has 1 heterocycles. The van der Waals surface area contributed by atoms with Crippen LogP contribution in [0.1, 0.15) is 40.0 Å². The monoisotopic (exact) mass is 278 g/mol. The summed E-state index contributed by atoms with van der Waals surface area (Å²) in [5, 5.41) is 3.55. The van der Waals surface area contributed by atoms with Gasteiger partial charge in [0.05, 0.1) is 12.2 Å². The van der Waals surface area contributed by atoms with Gasteiger partial charge in [0.25, 0.3) is 0 Å². The Balaban J connectivity index is 2.03. The Hall–Kier alpha value is -1.42. The molecule has 0 aromatic heterocycles. The summed E-state index contributed by atoms with van der Waals surface area (Å²) in [6.45, 7) is 7.88. The molecule has 1 aliphatic rings. The number of rotatable bonds is 5. The molecule has 4 nitrogen and oxygen atoms in total. The van der Waals surface area contributed by atoms with Crippen LogP contribution in [0.15, 0.2) is 18.2 Å². The van der Waals surface area contributed by atoms with Crippen molar-refractivity contribution in [1.82, 2.24) is 0 Å². The summed E-state index contributed by atoms with van der Waals surface area (Å²) in [5.41, 5.74) is 7.64. The molecule has 1 atom stereocenters. The van der Waals surface area contributed by atoms with Crippen LogP contribution in [0.2, 0.25) is 0 Å². The van der Waals surface area contributed by atoms with Crippen LogP contribution in [-0.2, 0) is 4.74 Å². The minimum Gasteiger partial charge on any atom is -0.493 e. The zero-order chi connectivity index (χ0) is 14.6. The summed E-state index contributed by atoms with van der Waals surface area (Å²) >= 11 is 0. The third-order valence-corrected chi connectivity index (χ3v) is 3.47. The van der Waals surface area contributed by atoms with Crippen LogP contribution in [0.5, 0.6) is 5.75 Å². The molecular formula is C16H26N2O2. The average molecular weight is 278 g/mol. The predicted octanol–water partition coefficient (Wildman–Crippen LogP) is 3.43. The Morgan fingerprint density at radius 3 is 2.90 bits per heavy atom. The van der Waals surface area contributed by atoms with E-state index in [1.54, 1.807) is 0 Å². The fraction of sp³-hybridized carbons (Fsp3) is 0.625. The van der Waals surface area contributed by atoms with Crippen LogP contribution in [0.25, 0.3) is 0 Å². The van der Waals surface area contributed by atoms with Crippen LogP contribution in [-0.4, -0.2) is 24.9 Å². The van der Waals surface area contributed by atoms with Gasteiger partial charge >= 0.3 is 0 Å². The molecule has 0 radical (unpaired) electrons. The Labute approximate surface area is 121 Å². The maximum atomic E-state index is 5.94. The fourth-order valence-corrected chi connectivity index (χ4v) is 2.60. The number of ether oxygens (including phenoxy) is 2. The third-order valence-electron chi connectivity index (χ3n) is 3.47. The highest BCUT2D eigenvalue weighted by atomic mass is 16.5. The van der Waals surface area contributed by atoms with Gasteiger partial charge in [-0.05, 0) is 39.2 Å². The van der Waals surface area contributed by atoms with Crippen LogP contribution < -0.4 is 15.8 Å². The molecule has 3 N–H and O–H groups in total. The topological polar surface area (TPSA) is 56.5 Å². The molecule has 112 valence electrons. The molecule has 1 fully saturated rings. The molecule has 0 amide bonds. The first-order valence-electron chi connectivity index (χ1n) is 7.42. The Morgan fingerprint density at radius 1 is 1.40 bits per heavy atom. The molecule has 1 unspecified atom stereocenters. The van der Waals surface area contributed by atoms with Crippen molar-refractivity contribution in [3.8, 4) is 5.75 Å². The van der Waals surface area contributed by atoms with E-state index in [0.717, 1.165) is 43.0 Å². The van der Waals surface area contributed by atoms with Crippen molar-refractivity contribution >= 4 is 11.4 Å². The van der Waals surface area contributed by atoms with E-state index in [1.807, 2.05) is 18.2 Å². The molecule has 1 aliphatic heterocycles. The minimum absolute atomic E-state index is 0.0578. The van der Waals surface area contributed by atoms with E-state index < -0.39 is 0 Å². The highest BCUT2D eigenvalue weighted by Gasteiger charge is 2.28. The van der Waals surface area contributed by atoms with Crippen molar-refractivity contribution in [3.63, 3.8) is 0 Å². The summed E-state index contributed by atoms with van der Waals surface area (Å²) in [7, 11) is 0. The van der Waals surface area contributed by atoms with E-state index in [-0.39, 0.29) is 5.60 Å². The molecule has 1 aromatic rings. The van der Waals surface area contributed by atoms with Crippen LogP contribution in [0, 0.1) is 0 Å². The molecule has 0 spiro atoms. The summed E-state index contributed by atoms with van der Waals surface area (Å²) in [6, 6.07) is 6.27. The molecule has 0 aliphatic carbocycles. The molecular weight excluding hydrogens is 252 g/mol. The van der Waals surface area contributed by atoms with E-state index in [9.17, 15) is 0 Å². The van der Waals surface area contributed by atoms with E-state index in [2.05, 4.69) is 26.1 Å². The molecule has 20 heavy (non-hydrogen) atoms. The van der Waals surface area contributed by atoms with Gasteiger partial charge in [-0.1, -0.05) is 6.92 Å². The number of nitrogens with two attached hydrogens (primary N) is 1. The van der Waals surface area contributed by atoms with Crippen molar-refractivity contribution in [2.45, 2.75) is 51.7 Å². The lowest BCUT2D eigenvalue weighted by Gasteiger charge is -2.36. The minimum atomic E-state index is -0.0578. The van der Waals surface area contributed by atoms with Crippen molar-refractivity contribution in [3.05, 3.63) is 18.2 Å². The largest absolute Gasteiger partial charge is 0.493 e. The zero-order valence-electron chi connectivity index (χ0n) is 12.7. The highest BCUT2D eigenvalue weighted by molar-refractivity contribution is 5.59. The molecule has 4 heteroatoms. The first kappa shape index (κ1) is 15.0. The molecule has 2 rings (SSSR count). The number of nitrogen functional groups attached to an aromatic ring is 1. The van der Waals surface area contributed by atoms with Crippen LogP contribution in [0.3, 0.4) is 0 Å². The van der Waals surface area contributed by atoms with E-state index in [0.29, 0.717) is 12.6 Å². The number of anilines is 2. The maximum absolute atomic E-state index is 5.94. The van der Waals surface area contributed by atoms with Gasteiger partial charge in [-0.15, -0.1) is 0 Å². The third kappa shape index (κ3) is 4.30. The van der Waals surface area contributed by atoms with E-state index >= 15 is 0 Å². The smallest absolute Gasteiger partial charge is 0.123 e. The van der Waals surface area contributed by atoms with Gasteiger partial charge in [-0.25, -0.2) is 0 Å². The summed E-state index contributed by atoms with van der Waals surface area (Å²) in [6.07, 6.45) is 3.00. The maximum Gasteiger partial charge on any atom is 0.123 e. The standard InChI is InChI=1S/C16H26N2O2/c1-4-6-19-15-9-12(17)8-14(10-15)18-13-5-7-20-16(2,3)11-13/h8-10,13,18H,4-7,11,17H2,1-3H3. The normalized spacial score (nSPS) is 21.4. The fourth-order valence-electron chi connectivity index (χ4n) is 2.60. The van der Waals surface area contributed by atoms with Crippen molar-refractivity contribution in [2.24, 2.45) is 0 Å². The van der Waals surface area contributed by atoms with Gasteiger partial charge in [0.2, 0.25) is 0 Å². The van der Waals surface area contributed by atoms with Gasteiger partial charge in [0.15, 0.2) is 0 Å². The van der Waals surface area contributed by atoms with Crippen molar-refractivity contribution in [2.75, 3.05) is 24.3 Å². The van der Waals surface area contributed by atoms with Crippen LogP contribution >= 0.6 is 0 Å². The summed E-state index contributed by atoms with van der Waals surface area (Å²) in [5.74, 6) is 0.834. The zero-order valence-corrected chi connectivity index (χ0v) is 12.7.